The standard InChI is InChI=1S/C18H21ClN2O3/c1-12(16-10-15(23-2)7-8-17(16)24-3)21-18(22)20-11-13-5-4-6-14(19)9-13/h4-10,12H,11H2,1-3H3,(H2,20,21,22). The van der Waals surface area contributed by atoms with E-state index in [1.165, 1.54) is 0 Å². The van der Waals surface area contributed by atoms with E-state index in [1.54, 1.807) is 20.3 Å². The smallest absolute Gasteiger partial charge is 0.315 e. The predicted molar refractivity (Wildman–Crippen MR) is 94.8 cm³/mol. The van der Waals surface area contributed by atoms with Crippen LogP contribution in [0.15, 0.2) is 42.5 Å². The summed E-state index contributed by atoms with van der Waals surface area (Å²) >= 11 is 5.93. The van der Waals surface area contributed by atoms with Gasteiger partial charge < -0.3 is 20.1 Å². The first-order valence-electron chi connectivity index (χ1n) is 7.54. The fraction of sp³-hybridized carbons (Fsp3) is 0.278. The maximum Gasteiger partial charge on any atom is 0.315 e. The summed E-state index contributed by atoms with van der Waals surface area (Å²) in [6.45, 7) is 2.28. The summed E-state index contributed by atoms with van der Waals surface area (Å²) in [6, 6.07) is 12.3. The van der Waals surface area contributed by atoms with Crippen molar-refractivity contribution < 1.29 is 14.3 Å². The zero-order chi connectivity index (χ0) is 17.5. The lowest BCUT2D eigenvalue weighted by molar-refractivity contribution is 0.237. The van der Waals surface area contributed by atoms with Crippen LogP contribution in [0.4, 0.5) is 4.79 Å². The number of nitrogens with one attached hydrogen (secondary N) is 2. The van der Waals surface area contributed by atoms with Crippen molar-refractivity contribution in [3.8, 4) is 11.5 Å². The third-order valence-electron chi connectivity index (χ3n) is 3.59. The van der Waals surface area contributed by atoms with Crippen molar-refractivity contribution in [2.45, 2.75) is 19.5 Å². The van der Waals surface area contributed by atoms with E-state index in [0.717, 1.165) is 11.1 Å². The first kappa shape index (κ1) is 17.9. The molecule has 2 amide bonds. The molecule has 0 spiro atoms. The van der Waals surface area contributed by atoms with E-state index >= 15 is 0 Å². The minimum Gasteiger partial charge on any atom is -0.497 e. The molecule has 2 rings (SSSR count). The molecular formula is C18H21ClN2O3. The van der Waals surface area contributed by atoms with Gasteiger partial charge in [0.25, 0.3) is 0 Å². The normalized spacial score (nSPS) is 11.5. The Morgan fingerprint density at radius 1 is 1.17 bits per heavy atom. The lowest BCUT2D eigenvalue weighted by Gasteiger charge is -2.18. The second-order valence-electron chi connectivity index (χ2n) is 5.29. The number of amides is 2. The number of methoxy groups -OCH3 is 2. The van der Waals surface area contributed by atoms with E-state index in [1.807, 2.05) is 43.3 Å². The number of urea groups is 1. The fourth-order valence-corrected chi connectivity index (χ4v) is 2.55. The number of carbonyl (C=O) groups excluding carboxylic acids is 1. The summed E-state index contributed by atoms with van der Waals surface area (Å²) in [5, 5.41) is 6.34. The molecule has 0 heterocycles. The van der Waals surface area contributed by atoms with Crippen molar-refractivity contribution in [3.63, 3.8) is 0 Å². The molecule has 0 aliphatic heterocycles. The number of hydrogen-bond donors (Lipinski definition) is 2. The lowest BCUT2D eigenvalue weighted by Crippen LogP contribution is -2.36. The second-order valence-corrected chi connectivity index (χ2v) is 5.72. The minimum atomic E-state index is -0.271. The fourth-order valence-electron chi connectivity index (χ4n) is 2.33. The van der Waals surface area contributed by atoms with Crippen LogP contribution in [0.3, 0.4) is 0 Å². The van der Waals surface area contributed by atoms with Crippen molar-refractivity contribution in [2.75, 3.05) is 14.2 Å². The Morgan fingerprint density at radius 3 is 2.62 bits per heavy atom. The second kappa shape index (κ2) is 8.45. The molecule has 5 nitrogen and oxygen atoms in total. The summed E-state index contributed by atoms with van der Waals surface area (Å²) in [5.41, 5.74) is 1.78. The van der Waals surface area contributed by atoms with Gasteiger partial charge in [0, 0.05) is 17.1 Å². The van der Waals surface area contributed by atoms with Crippen LogP contribution in [0.1, 0.15) is 24.1 Å². The minimum absolute atomic E-state index is 0.241. The van der Waals surface area contributed by atoms with Gasteiger partial charge in [-0.15, -0.1) is 0 Å². The van der Waals surface area contributed by atoms with Crippen molar-refractivity contribution in [3.05, 3.63) is 58.6 Å². The van der Waals surface area contributed by atoms with Crippen LogP contribution in [0, 0.1) is 0 Å². The number of halogens is 1. The van der Waals surface area contributed by atoms with E-state index in [9.17, 15) is 4.79 Å². The number of ether oxygens (including phenoxy) is 2. The molecule has 2 aromatic carbocycles. The Labute approximate surface area is 146 Å². The van der Waals surface area contributed by atoms with Gasteiger partial charge in [-0.25, -0.2) is 4.79 Å². The van der Waals surface area contributed by atoms with Gasteiger partial charge in [-0.2, -0.15) is 0 Å². The summed E-state index contributed by atoms with van der Waals surface area (Å²) in [6.07, 6.45) is 0. The number of benzene rings is 2. The first-order valence-corrected chi connectivity index (χ1v) is 7.92. The van der Waals surface area contributed by atoms with Crippen LogP contribution in [-0.4, -0.2) is 20.3 Å². The number of rotatable bonds is 6. The third-order valence-corrected chi connectivity index (χ3v) is 3.83. The average Bonchev–Trinajstić information content (AvgIpc) is 2.59. The van der Waals surface area contributed by atoms with Crippen LogP contribution >= 0.6 is 11.6 Å². The molecule has 0 aliphatic carbocycles. The quantitative estimate of drug-likeness (QED) is 0.831. The molecule has 0 aromatic heterocycles. The number of hydrogen-bond acceptors (Lipinski definition) is 3. The average molecular weight is 349 g/mol. The molecule has 0 aliphatic rings. The Bertz CT molecular complexity index is 706. The molecule has 0 saturated carbocycles. The van der Waals surface area contributed by atoms with Gasteiger partial charge in [-0.3, -0.25) is 0 Å². The molecule has 2 N–H and O–H groups in total. The lowest BCUT2D eigenvalue weighted by atomic mass is 10.1. The Hall–Kier alpha value is -2.40. The molecule has 1 atom stereocenters. The molecule has 6 heteroatoms. The van der Waals surface area contributed by atoms with Gasteiger partial charge in [0.1, 0.15) is 11.5 Å². The monoisotopic (exact) mass is 348 g/mol. The molecule has 0 fully saturated rings. The Balaban J connectivity index is 1.98. The SMILES string of the molecule is COc1ccc(OC)c(C(C)NC(=O)NCc2cccc(Cl)c2)c1. The Kier molecular flexibility index (Phi) is 6.32. The summed E-state index contributed by atoms with van der Waals surface area (Å²) < 4.78 is 10.6. The van der Waals surface area contributed by atoms with Crippen LogP contribution < -0.4 is 20.1 Å². The molecular weight excluding hydrogens is 328 g/mol. The maximum absolute atomic E-state index is 12.1. The molecule has 128 valence electrons. The van der Waals surface area contributed by atoms with Crippen molar-refractivity contribution in [1.82, 2.24) is 10.6 Å². The number of carbonyl (C=O) groups is 1. The van der Waals surface area contributed by atoms with E-state index in [2.05, 4.69) is 10.6 Å². The van der Waals surface area contributed by atoms with Crippen LogP contribution in [-0.2, 0) is 6.54 Å². The first-order chi connectivity index (χ1) is 11.5. The highest BCUT2D eigenvalue weighted by Gasteiger charge is 2.15. The molecule has 0 bridgehead atoms. The summed E-state index contributed by atoms with van der Waals surface area (Å²) in [7, 11) is 3.19. The van der Waals surface area contributed by atoms with Gasteiger partial charge in [0.05, 0.1) is 20.3 Å². The zero-order valence-electron chi connectivity index (χ0n) is 13.9. The molecule has 24 heavy (non-hydrogen) atoms. The maximum atomic E-state index is 12.1. The van der Waals surface area contributed by atoms with E-state index < -0.39 is 0 Å². The van der Waals surface area contributed by atoms with Crippen molar-refractivity contribution in [2.24, 2.45) is 0 Å². The van der Waals surface area contributed by atoms with E-state index in [0.29, 0.717) is 23.1 Å². The zero-order valence-corrected chi connectivity index (χ0v) is 14.7. The van der Waals surface area contributed by atoms with Gasteiger partial charge in [0.2, 0.25) is 0 Å². The highest BCUT2D eigenvalue weighted by Crippen LogP contribution is 2.29. The van der Waals surface area contributed by atoms with Gasteiger partial charge >= 0.3 is 6.03 Å². The third kappa shape index (κ3) is 4.80. The topological polar surface area (TPSA) is 59.6 Å². The van der Waals surface area contributed by atoms with E-state index in [-0.39, 0.29) is 12.1 Å². The summed E-state index contributed by atoms with van der Waals surface area (Å²) in [4.78, 5) is 12.1. The summed E-state index contributed by atoms with van der Waals surface area (Å²) in [5.74, 6) is 1.40. The van der Waals surface area contributed by atoms with Crippen molar-refractivity contribution in [1.29, 1.82) is 0 Å². The predicted octanol–water partition coefficient (Wildman–Crippen LogP) is 3.92. The molecule has 0 saturated heterocycles. The molecule has 0 radical (unpaired) electrons. The van der Waals surface area contributed by atoms with E-state index in [4.69, 9.17) is 21.1 Å². The van der Waals surface area contributed by atoms with Crippen LogP contribution in [0.25, 0.3) is 0 Å². The highest BCUT2D eigenvalue weighted by molar-refractivity contribution is 6.30. The largest absolute Gasteiger partial charge is 0.497 e. The van der Waals surface area contributed by atoms with Crippen LogP contribution in [0.2, 0.25) is 5.02 Å². The van der Waals surface area contributed by atoms with Crippen LogP contribution in [0.5, 0.6) is 11.5 Å². The van der Waals surface area contributed by atoms with Gasteiger partial charge in [0.15, 0.2) is 0 Å². The molecule has 2 aromatic rings. The van der Waals surface area contributed by atoms with Gasteiger partial charge in [-0.05, 0) is 42.8 Å². The Morgan fingerprint density at radius 2 is 1.96 bits per heavy atom. The van der Waals surface area contributed by atoms with Crippen molar-refractivity contribution >= 4 is 17.6 Å². The highest BCUT2D eigenvalue weighted by atomic mass is 35.5. The molecule has 1 unspecified atom stereocenters. The van der Waals surface area contributed by atoms with Gasteiger partial charge in [-0.1, -0.05) is 23.7 Å².